The minimum absolute atomic E-state index is 0.166. The minimum Gasteiger partial charge on any atom is -0.329 e. The maximum absolute atomic E-state index is 12.5. The van der Waals surface area contributed by atoms with E-state index in [2.05, 4.69) is 14.7 Å². The van der Waals surface area contributed by atoms with Crippen molar-refractivity contribution in [1.82, 2.24) is 15.2 Å². The predicted molar refractivity (Wildman–Crippen MR) is 86.4 cm³/mol. The van der Waals surface area contributed by atoms with Crippen LogP contribution in [0.1, 0.15) is 38.3 Å². The van der Waals surface area contributed by atoms with Gasteiger partial charge in [-0.05, 0) is 26.3 Å². The molecule has 2 rings (SSSR count). The van der Waals surface area contributed by atoms with E-state index >= 15 is 0 Å². The first-order chi connectivity index (χ1) is 12.2. The van der Waals surface area contributed by atoms with Gasteiger partial charge in [0, 0.05) is 11.1 Å². The van der Waals surface area contributed by atoms with Gasteiger partial charge in [-0.3, -0.25) is 9.63 Å². The van der Waals surface area contributed by atoms with Crippen LogP contribution in [0, 0.1) is 0 Å². The number of hydrogen-bond donors (Lipinski definition) is 0. The summed E-state index contributed by atoms with van der Waals surface area (Å²) < 4.78 is 41.8. The van der Waals surface area contributed by atoms with Crippen molar-refractivity contribution in [3.05, 3.63) is 47.4 Å². The average Bonchev–Trinajstić information content (AvgIpc) is 3.12. The Morgan fingerprint density at radius 1 is 1.31 bits per heavy atom. The van der Waals surface area contributed by atoms with Crippen LogP contribution in [-0.2, 0) is 15.8 Å². The molecule has 6 nitrogen and oxygen atoms in total. The second-order valence-electron chi connectivity index (χ2n) is 5.50. The standard InChI is InChI=1S/C17H18F3N3O3/c1-5-10(2)15(24)23(25-4)11(3)12-6-8-13(9-7-12)14-21-16(26-22-14)17(18,19)20/h5-9,11H,1-4H3. The van der Waals surface area contributed by atoms with Crippen molar-refractivity contribution in [2.45, 2.75) is 33.0 Å². The van der Waals surface area contributed by atoms with Crippen LogP contribution in [0.2, 0.25) is 0 Å². The smallest absolute Gasteiger partial charge is 0.329 e. The topological polar surface area (TPSA) is 68.5 Å². The number of alkyl halides is 3. The van der Waals surface area contributed by atoms with Crippen LogP contribution in [0.3, 0.4) is 0 Å². The van der Waals surface area contributed by atoms with E-state index in [4.69, 9.17) is 4.84 Å². The zero-order valence-electron chi connectivity index (χ0n) is 14.7. The monoisotopic (exact) mass is 369 g/mol. The van der Waals surface area contributed by atoms with Crippen molar-refractivity contribution in [3.63, 3.8) is 0 Å². The minimum atomic E-state index is -4.69. The Bertz CT molecular complexity index is 798. The normalized spacial score (nSPS) is 13.6. The molecule has 0 fully saturated rings. The van der Waals surface area contributed by atoms with E-state index in [-0.39, 0.29) is 11.7 Å². The number of benzene rings is 1. The summed E-state index contributed by atoms with van der Waals surface area (Å²) in [5.74, 6) is -1.84. The van der Waals surface area contributed by atoms with Gasteiger partial charge in [-0.1, -0.05) is 35.5 Å². The lowest BCUT2D eigenvalue weighted by Gasteiger charge is -2.27. The van der Waals surface area contributed by atoms with Crippen molar-refractivity contribution in [2.75, 3.05) is 7.11 Å². The van der Waals surface area contributed by atoms with Gasteiger partial charge >= 0.3 is 12.1 Å². The third-order valence-corrected chi connectivity index (χ3v) is 3.84. The molecule has 1 heterocycles. The van der Waals surface area contributed by atoms with Crippen LogP contribution < -0.4 is 0 Å². The Hall–Kier alpha value is -2.68. The molecule has 2 aromatic rings. The van der Waals surface area contributed by atoms with E-state index in [1.54, 1.807) is 51.1 Å². The van der Waals surface area contributed by atoms with E-state index in [1.807, 2.05) is 0 Å². The molecule has 140 valence electrons. The van der Waals surface area contributed by atoms with Gasteiger partial charge in [0.25, 0.3) is 5.91 Å². The molecule has 0 saturated heterocycles. The summed E-state index contributed by atoms with van der Waals surface area (Å²) in [5, 5.41) is 4.56. The molecule has 26 heavy (non-hydrogen) atoms. The Labute approximate surface area is 148 Å². The molecule has 1 atom stereocenters. The number of carbonyl (C=O) groups excluding carboxylic acids is 1. The molecule has 0 aliphatic rings. The molecule has 0 radical (unpaired) electrons. The van der Waals surface area contributed by atoms with Crippen molar-refractivity contribution >= 4 is 5.91 Å². The molecule has 1 aromatic carbocycles. The number of amides is 1. The van der Waals surface area contributed by atoms with Crippen molar-refractivity contribution in [1.29, 1.82) is 0 Å². The van der Waals surface area contributed by atoms with Gasteiger partial charge in [0.2, 0.25) is 5.82 Å². The van der Waals surface area contributed by atoms with Crippen LogP contribution in [0.5, 0.6) is 0 Å². The first-order valence-electron chi connectivity index (χ1n) is 7.70. The molecule has 0 N–H and O–H groups in total. The Morgan fingerprint density at radius 3 is 2.38 bits per heavy atom. The highest BCUT2D eigenvalue weighted by Gasteiger charge is 2.38. The van der Waals surface area contributed by atoms with E-state index in [0.29, 0.717) is 11.1 Å². The van der Waals surface area contributed by atoms with Crippen LogP contribution in [0.25, 0.3) is 11.4 Å². The predicted octanol–water partition coefficient (Wildman–Crippen LogP) is 4.17. The number of halogens is 3. The van der Waals surface area contributed by atoms with Gasteiger partial charge in [-0.15, -0.1) is 0 Å². The molecule has 1 aromatic heterocycles. The fraction of sp³-hybridized carbons (Fsp3) is 0.353. The number of nitrogens with zero attached hydrogens (tertiary/aromatic N) is 3. The first kappa shape index (κ1) is 19.6. The summed E-state index contributed by atoms with van der Waals surface area (Å²) in [6.45, 7) is 5.20. The van der Waals surface area contributed by atoms with Gasteiger partial charge in [0.05, 0.1) is 13.2 Å². The summed E-state index contributed by atoms with van der Waals surface area (Å²) in [6, 6.07) is 6.02. The maximum Gasteiger partial charge on any atom is 0.471 e. The highest BCUT2D eigenvalue weighted by atomic mass is 19.4. The summed E-state index contributed by atoms with van der Waals surface area (Å²) >= 11 is 0. The number of rotatable bonds is 5. The molecule has 0 spiro atoms. The lowest BCUT2D eigenvalue weighted by molar-refractivity contribution is -0.183. The van der Waals surface area contributed by atoms with E-state index < -0.39 is 18.1 Å². The lowest BCUT2D eigenvalue weighted by Crippen LogP contribution is -2.33. The number of aromatic nitrogens is 2. The van der Waals surface area contributed by atoms with E-state index in [9.17, 15) is 18.0 Å². The quantitative estimate of drug-likeness (QED) is 0.584. The molecule has 0 bridgehead atoms. The van der Waals surface area contributed by atoms with Crippen LogP contribution >= 0.6 is 0 Å². The third-order valence-electron chi connectivity index (χ3n) is 3.84. The molecule has 0 aliphatic carbocycles. The van der Waals surface area contributed by atoms with Crippen molar-refractivity contribution in [2.24, 2.45) is 0 Å². The van der Waals surface area contributed by atoms with Gasteiger partial charge in [-0.2, -0.15) is 18.2 Å². The highest BCUT2D eigenvalue weighted by molar-refractivity contribution is 5.92. The van der Waals surface area contributed by atoms with Crippen molar-refractivity contribution in [3.8, 4) is 11.4 Å². The van der Waals surface area contributed by atoms with Gasteiger partial charge < -0.3 is 4.52 Å². The molecule has 0 saturated carbocycles. The summed E-state index contributed by atoms with van der Waals surface area (Å²) in [6.07, 6.45) is -3.01. The van der Waals surface area contributed by atoms with Crippen LogP contribution in [0.4, 0.5) is 13.2 Å². The van der Waals surface area contributed by atoms with Crippen LogP contribution in [0.15, 0.2) is 40.4 Å². The summed E-state index contributed by atoms with van der Waals surface area (Å²) in [4.78, 5) is 20.8. The summed E-state index contributed by atoms with van der Waals surface area (Å²) in [5.41, 5.74) is 1.62. The largest absolute Gasteiger partial charge is 0.471 e. The number of hydroxylamine groups is 2. The molecule has 1 amide bonds. The SMILES string of the molecule is CC=C(C)C(=O)N(OC)C(C)c1ccc(-c2noc(C(F)(F)F)n2)cc1. The fourth-order valence-electron chi connectivity index (χ4n) is 2.22. The van der Waals surface area contributed by atoms with Crippen LogP contribution in [-0.4, -0.2) is 28.2 Å². The molecule has 0 aliphatic heterocycles. The van der Waals surface area contributed by atoms with Gasteiger partial charge in [0.15, 0.2) is 0 Å². The Morgan fingerprint density at radius 2 is 1.92 bits per heavy atom. The second kappa shape index (κ2) is 7.69. The van der Waals surface area contributed by atoms with E-state index in [1.165, 1.54) is 12.2 Å². The zero-order valence-corrected chi connectivity index (χ0v) is 14.7. The first-order valence-corrected chi connectivity index (χ1v) is 7.70. The average molecular weight is 369 g/mol. The fourth-order valence-corrected chi connectivity index (χ4v) is 2.22. The molecular weight excluding hydrogens is 351 g/mol. The molecule has 9 heteroatoms. The third kappa shape index (κ3) is 4.10. The Kier molecular flexibility index (Phi) is 5.81. The van der Waals surface area contributed by atoms with Gasteiger partial charge in [-0.25, -0.2) is 5.06 Å². The summed E-state index contributed by atoms with van der Waals surface area (Å²) in [7, 11) is 1.39. The van der Waals surface area contributed by atoms with Crippen molar-refractivity contribution < 1.29 is 27.3 Å². The van der Waals surface area contributed by atoms with Gasteiger partial charge in [0.1, 0.15) is 0 Å². The maximum atomic E-state index is 12.5. The number of carbonyl (C=O) groups is 1. The Balaban J connectivity index is 2.23. The molecular formula is C17H18F3N3O3. The lowest BCUT2D eigenvalue weighted by atomic mass is 10.0. The zero-order chi connectivity index (χ0) is 19.5. The number of hydrogen-bond acceptors (Lipinski definition) is 5. The highest BCUT2D eigenvalue weighted by Crippen LogP contribution is 2.30. The number of allylic oxidation sites excluding steroid dienone is 1. The van der Waals surface area contributed by atoms with E-state index in [0.717, 1.165) is 5.56 Å². The molecule has 1 unspecified atom stereocenters. The second-order valence-corrected chi connectivity index (χ2v) is 5.50.